The van der Waals surface area contributed by atoms with E-state index in [-0.39, 0.29) is 40.8 Å². The summed E-state index contributed by atoms with van der Waals surface area (Å²) in [5.41, 5.74) is 8.43. The van der Waals surface area contributed by atoms with Crippen LogP contribution >= 0.6 is 23.1 Å². The van der Waals surface area contributed by atoms with Gasteiger partial charge in [0, 0.05) is 28.9 Å². The van der Waals surface area contributed by atoms with Crippen molar-refractivity contribution < 1.29 is 18.4 Å². The Bertz CT molecular complexity index is 1670. The van der Waals surface area contributed by atoms with Gasteiger partial charge in [0.05, 0.1) is 23.3 Å². The number of rotatable bonds is 6. The van der Waals surface area contributed by atoms with E-state index in [1.807, 2.05) is 13.8 Å². The molecule has 0 saturated heterocycles. The van der Waals surface area contributed by atoms with E-state index in [0.717, 1.165) is 28.7 Å². The Morgan fingerprint density at radius 2 is 2.00 bits per heavy atom. The highest BCUT2D eigenvalue weighted by atomic mass is 32.2. The quantitative estimate of drug-likeness (QED) is 0.344. The number of aromatic nitrogens is 2. The maximum Gasteiger partial charge on any atom is 0.234 e. The van der Waals surface area contributed by atoms with Crippen LogP contribution in [0.5, 0.6) is 0 Å². The molecule has 3 N–H and O–H groups in total. The van der Waals surface area contributed by atoms with Crippen LogP contribution in [0.4, 0.5) is 19.6 Å². The number of carbonyl (C=O) groups excluding carboxylic acids is 2. The van der Waals surface area contributed by atoms with Gasteiger partial charge in [0.1, 0.15) is 17.5 Å². The van der Waals surface area contributed by atoms with Gasteiger partial charge >= 0.3 is 0 Å². The fourth-order valence-electron chi connectivity index (χ4n) is 5.14. The van der Waals surface area contributed by atoms with Gasteiger partial charge in [-0.2, -0.15) is 5.26 Å². The number of thioether (sulfide) groups is 1. The van der Waals surface area contributed by atoms with Gasteiger partial charge in [-0.25, -0.2) is 8.78 Å². The lowest BCUT2D eigenvalue weighted by Crippen LogP contribution is -2.42. The summed E-state index contributed by atoms with van der Waals surface area (Å²) < 4.78 is 29.1. The van der Waals surface area contributed by atoms with Gasteiger partial charge in [0.15, 0.2) is 10.1 Å². The Hall–Kier alpha value is -4.08. The number of nitrogens with one attached hydrogen (secondary N) is 1. The first-order valence-corrected chi connectivity index (χ1v) is 14.5. The maximum absolute atomic E-state index is 15.0. The number of allylic oxidation sites excluding steroid dienone is 3. The van der Waals surface area contributed by atoms with Crippen molar-refractivity contribution in [2.75, 3.05) is 16.0 Å². The van der Waals surface area contributed by atoms with E-state index in [1.165, 1.54) is 18.2 Å². The summed E-state index contributed by atoms with van der Waals surface area (Å²) in [6.45, 7) is 5.69. The smallest absolute Gasteiger partial charge is 0.234 e. The molecule has 0 radical (unpaired) electrons. The van der Waals surface area contributed by atoms with Crippen LogP contribution in [-0.4, -0.2) is 27.6 Å². The highest BCUT2D eigenvalue weighted by Gasteiger charge is 2.46. The average molecular weight is 593 g/mol. The molecule has 12 heteroatoms. The van der Waals surface area contributed by atoms with Crippen molar-refractivity contribution in [3.05, 3.63) is 87.9 Å². The molecule has 41 heavy (non-hydrogen) atoms. The number of ketones is 1. The number of nitrogens with zero attached hydrogens (tertiary/aromatic N) is 4. The SMILES string of the molecule is Cc1ccc(F)cc1NC(=O)CSc1nnc(N2C(N)=C(C#N)C(c3ccccc3F)C3=C2CC(C)(C)CC3=O)s1. The van der Waals surface area contributed by atoms with E-state index in [2.05, 4.69) is 21.6 Å². The van der Waals surface area contributed by atoms with Crippen LogP contribution < -0.4 is 16.0 Å². The Labute approximate surface area is 243 Å². The summed E-state index contributed by atoms with van der Waals surface area (Å²) in [5, 5.41) is 21.6. The number of benzene rings is 2. The molecule has 1 aliphatic carbocycles. The van der Waals surface area contributed by atoms with Crippen LogP contribution in [0.2, 0.25) is 0 Å². The second-order valence-electron chi connectivity index (χ2n) is 10.6. The normalized spacial score (nSPS) is 18.3. The van der Waals surface area contributed by atoms with E-state index in [9.17, 15) is 19.2 Å². The molecule has 1 aliphatic heterocycles. The van der Waals surface area contributed by atoms with Gasteiger partial charge in [0.25, 0.3) is 0 Å². The van der Waals surface area contributed by atoms with Gasteiger partial charge in [-0.05, 0) is 42.5 Å². The number of carbonyl (C=O) groups is 2. The number of aryl methyl sites for hydroxylation is 1. The molecule has 2 aromatic carbocycles. The highest BCUT2D eigenvalue weighted by molar-refractivity contribution is 8.01. The van der Waals surface area contributed by atoms with Crippen molar-refractivity contribution in [2.45, 2.75) is 43.9 Å². The molecule has 2 aliphatic rings. The second-order valence-corrected chi connectivity index (χ2v) is 12.8. The standard InChI is InChI=1S/C29H26F2N6O2S2/c1-15-8-9-16(30)10-20(15)34-23(39)14-40-28-36-35-27(41-28)37-21-11-29(2,3)12-22(38)25(21)24(18(13-32)26(37)33)17-6-4-5-7-19(17)31/h4-10,24H,11-12,14,33H2,1-3H3,(H,34,39). The Morgan fingerprint density at radius 1 is 1.24 bits per heavy atom. The second kappa shape index (κ2) is 11.1. The predicted octanol–water partition coefficient (Wildman–Crippen LogP) is 5.80. The molecule has 210 valence electrons. The van der Waals surface area contributed by atoms with Gasteiger partial charge in [-0.15, -0.1) is 10.2 Å². The van der Waals surface area contributed by atoms with Crippen LogP contribution in [0.15, 0.2) is 69.5 Å². The zero-order valence-corrected chi connectivity index (χ0v) is 24.1. The topological polar surface area (TPSA) is 125 Å². The molecule has 0 fully saturated rings. The molecule has 5 rings (SSSR count). The van der Waals surface area contributed by atoms with Gasteiger partial charge < -0.3 is 11.1 Å². The summed E-state index contributed by atoms with van der Waals surface area (Å²) >= 11 is 2.29. The molecule has 1 atom stereocenters. The van der Waals surface area contributed by atoms with E-state index >= 15 is 4.39 Å². The summed E-state index contributed by atoms with van der Waals surface area (Å²) in [4.78, 5) is 27.7. The van der Waals surface area contributed by atoms with Crippen LogP contribution in [-0.2, 0) is 9.59 Å². The molecule has 0 saturated carbocycles. The summed E-state index contributed by atoms with van der Waals surface area (Å²) in [5.74, 6) is -2.40. The molecule has 2 heterocycles. The van der Waals surface area contributed by atoms with Crippen molar-refractivity contribution in [2.24, 2.45) is 11.1 Å². The molecular weight excluding hydrogens is 566 g/mol. The summed E-state index contributed by atoms with van der Waals surface area (Å²) in [7, 11) is 0. The first kappa shape index (κ1) is 28.4. The number of Topliss-reactive ketones (excluding diaryl/α,β-unsaturated/α-hetero) is 1. The molecule has 1 amide bonds. The Balaban J connectivity index is 1.47. The van der Waals surface area contributed by atoms with Crippen molar-refractivity contribution in [3.63, 3.8) is 0 Å². The van der Waals surface area contributed by atoms with E-state index in [1.54, 1.807) is 36.1 Å². The van der Waals surface area contributed by atoms with E-state index < -0.39 is 23.0 Å². The Kier molecular flexibility index (Phi) is 7.68. The number of nitrogens with two attached hydrogens (primary N) is 1. The minimum atomic E-state index is -0.937. The molecule has 3 aromatic rings. The van der Waals surface area contributed by atoms with Crippen molar-refractivity contribution in [3.8, 4) is 6.07 Å². The average Bonchev–Trinajstić information content (AvgIpc) is 3.37. The predicted molar refractivity (Wildman–Crippen MR) is 154 cm³/mol. The molecule has 8 nitrogen and oxygen atoms in total. The highest BCUT2D eigenvalue weighted by Crippen LogP contribution is 2.51. The van der Waals surface area contributed by atoms with Crippen molar-refractivity contribution in [1.82, 2.24) is 10.2 Å². The molecule has 0 spiro atoms. The molecular formula is C29H26F2N6O2S2. The summed E-state index contributed by atoms with van der Waals surface area (Å²) in [6, 6.07) is 12.3. The lowest BCUT2D eigenvalue weighted by molar-refractivity contribution is -0.118. The fraction of sp³-hybridized carbons (Fsp3) is 0.276. The number of amides is 1. The molecule has 0 bridgehead atoms. The third kappa shape index (κ3) is 5.60. The monoisotopic (exact) mass is 592 g/mol. The van der Waals surface area contributed by atoms with Crippen LogP contribution in [0.3, 0.4) is 0 Å². The number of hydrogen-bond acceptors (Lipinski definition) is 9. The lowest BCUT2D eigenvalue weighted by atomic mass is 9.68. The molecule has 1 unspecified atom stereocenters. The van der Waals surface area contributed by atoms with Crippen LogP contribution in [0.25, 0.3) is 0 Å². The van der Waals surface area contributed by atoms with Gasteiger partial charge in [-0.3, -0.25) is 14.5 Å². The van der Waals surface area contributed by atoms with Crippen molar-refractivity contribution in [1.29, 1.82) is 5.26 Å². The number of anilines is 2. The first-order valence-electron chi connectivity index (χ1n) is 12.7. The zero-order valence-electron chi connectivity index (χ0n) is 22.5. The van der Waals surface area contributed by atoms with Gasteiger partial charge in [-0.1, -0.05) is 61.2 Å². The summed E-state index contributed by atoms with van der Waals surface area (Å²) in [6.07, 6.45) is 0.677. The number of hydrogen-bond donors (Lipinski definition) is 2. The zero-order chi connectivity index (χ0) is 29.5. The first-order chi connectivity index (χ1) is 19.5. The third-order valence-electron chi connectivity index (χ3n) is 6.98. The number of halogens is 2. The van der Waals surface area contributed by atoms with Crippen LogP contribution in [0, 0.1) is 35.3 Å². The van der Waals surface area contributed by atoms with Gasteiger partial charge in [0.2, 0.25) is 11.0 Å². The third-order valence-corrected chi connectivity index (χ3v) is 9.03. The van der Waals surface area contributed by atoms with E-state index in [4.69, 9.17) is 5.73 Å². The fourth-order valence-corrected chi connectivity index (χ4v) is 6.82. The number of nitriles is 1. The minimum absolute atomic E-state index is 0.00578. The largest absolute Gasteiger partial charge is 0.384 e. The lowest BCUT2D eigenvalue weighted by Gasteiger charge is -2.42. The minimum Gasteiger partial charge on any atom is -0.384 e. The molecule has 1 aromatic heterocycles. The Morgan fingerprint density at radius 3 is 2.73 bits per heavy atom. The van der Waals surface area contributed by atoms with E-state index in [0.29, 0.717) is 32.8 Å². The van der Waals surface area contributed by atoms with Crippen molar-refractivity contribution >= 4 is 45.6 Å². The maximum atomic E-state index is 15.0. The van der Waals surface area contributed by atoms with Crippen LogP contribution in [0.1, 0.15) is 43.7 Å².